The number of ether oxygens (including phenoxy) is 2. The zero-order valence-corrected chi connectivity index (χ0v) is 15.8. The molecule has 1 heterocycles. The van der Waals surface area contributed by atoms with Crippen LogP contribution in [0.2, 0.25) is 0 Å². The molecule has 0 saturated carbocycles. The topological polar surface area (TPSA) is 50.8 Å². The van der Waals surface area contributed by atoms with Crippen LogP contribution in [0.3, 0.4) is 0 Å². The van der Waals surface area contributed by atoms with Gasteiger partial charge in [-0.2, -0.15) is 0 Å². The third-order valence-corrected chi connectivity index (χ3v) is 3.97. The van der Waals surface area contributed by atoms with E-state index in [1.165, 1.54) is 0 Å². The molecule has 1 aliphatic heterocycles. The Labute approximate surface area is 151 Å². The molecule has 1 aromatic carbocycles. The Balaban J connectivity index is 0.00000288. The van der Waals surface area contributed by atoms with E-state index in [4.69, 9.17) is 9.47 Å². The van der Waals surface area contributed by atoms with Crippen molar-refractivity contribution in [3.05, 3.63) is 23.8 Å². The summed E-state index contributed by atoms with van der Waals surface area (Å²) < 4.78 is 11.1. The number of hydrogen-bond donors (Lipinski definition) is 1. The second kappa shape index (κ2) is 9.74. The van der Waals surface area contributed by atoms with E-state index in [0.29, 0.717) is 17.1 Å². The van der Waals surface area contributed by atoms with Gasteiger partial charge in [0.05, 0.1) is 13.2 Å². The van der Waals surface area contributed by atoms with Crippen molar-refractivity contribution in [1.29, 1.82) is 0 Å². The number of rotatable bonds is 7. The predicted octanol–water partition coefficient (Wildman–Crippen LogP) is 3.12. The van der Waals surface area contributed by atoms with Crippen LogP contribution < -0.4 is 14.8 Å². The number of halogens is 1. The van der Waals surface area contributed by atoms with Crippen molar-refractivity contribution in [2.24, 2.45) is 0 Å². The Morgan fingerprint density at radius 2 is 2.12 bits per heavy atom. The molecule has 0 aromatic heterocycles. The van der Waals surface area contributed by atoms with Crippen LogP contribution in [-0.2, 0) is 0 Å². The molecular weight excluding hydrogens is 328 g/mol. The molecule has 1 aromatic rings. The maximum absolute atomic E-state index is 12.9. The number of methoxy groups -OCH3 is 1. The van der Waals surface area contributed by atoms with E-state index in [9.17, 15) is 4.79 Å². The van der Waals surface area contributed by atoms with Gasteiger partial charge < -0.3 is 19.7 Å². The number of benzene rings is 1. The van der Waals surface area contributed by atoms with Crippen molar-refractivity contribution < 1.29 is 14.3 Å². The summed E-state index contributed by atoms with van der Waals surface area (Å²) in [4.78, 5) is 14.9. The van der Waals surface area contributed by atoms with E-state index >= 15 is 0 Å². The first-order valence-corrected chi connectivity index (χ1v) is 8.43. The molecule has 1 atom stereocenters. The van der Waals surface area contributed by atoms with Gasteiger partial charge in [0.15, 0.2) is 11.5 Å². The molecule has 1 saturated heterocycles. The highest BCUT2D eigenvalue weighted by Crippen LogP contribution is 2.30. The van der Waals surface area contributed by atoms with Crippen LogP contribution in [0, 0.1) is 0 Å². The Kier molecular flexibility index (Phi) is 8.36. The maximum Gasteiger partial charge on any atom is 0.254 e. The summed E-state index contributed by atoms with van der Waals surface area (Å²) in [5.41, 5.74) is 0.651. The molecular formula is C18H29ClN2O3. The van der Waals surface area contributed by atoms with Crippen LogP contribution in [0.25, 0.3) is 0 Å². The van der Waals surface area contributed by atoms with Gasteiger partial charge in [-0.1, -0.05) is 6.92 Å². The molecule has 1 N–H and O–H groups in total. The first-order valence-electron chi connectivity index (χ1n) is 8.43. The first kappa shape index (κ1) is 20.6. The quantitative estimate of drug-likeness (QED) is 0.815. The summed E-state index contributed by atoms with van der Waals surface area (Å²) in [5, 5.41) is 3.33. The maximum atomic E-state index is 12.9. The molecule has 2 rings (SSSR count). The van der Waals surface area contributed by atoms with Crippen LogP contribution in [0.15, 0.2) is 18.2 Å². The molecule has 0 bridgehead atoms. The highest BCUT2D eigenvalue weighted by molar-refractivity contribution is 5.95. The second-order valence-electron chi connectivity index (χ2n) is 6.18. The van der Waals surface area contributed by atoms with Crippen LogP contribution >= 0.6 is 12.4 Å². The fourth-order valence-corrected chi connectivity index (χ4v) is 2.91. The van der Waals surface area contributed by atoms with E-state index in [2.05, 4.69) is 12.2 Å². The van der Waals surface area contributed by atoms with Gasteiger partial charge in [0.25, 0.3) is 5.91 Å². The lowest BCUT2D eigenvalue weighted by molar-refractivity contribution is 0.0692. The highest BCUT2D eigenvalue weighted by atomic mass is 35.5. The van der Waals surface area contributed by atoms with Gasteiger partial charge in [-0.15, -0.1) is 12.4 Å². The number of amides is 1. The van der Waals surface area contributed by atoms with E-state index in [1.54, 1.807) is 13.2 Å². The van der Waals surface area contributed by atoms with Crippen molar-refractivity contribution in [3.8, 4) is 11.5 Å². The summed E-state index contributed by atoms with van der Waals surface area (Å²) in [6.45, 7) is 8.66. The second-order valence-corrected chi connectivity index (χ2v) is 6.18. The summed E-state index contributed by atoms with van der Waals surface area (Å²) >= 11 is 0. The van der Waals surface area contributed by atoms with Crippen LogP contribution in [0.1, 0.15) is 44.0 Å². The minimum absolute atomic E-state index is 0. The molecule has 0 spiro atoms. The average molecular weight is 357 g/mol. The number of hydrogen-bond acceptors (Lipinski definition) is 4. The van der Waals surface area contributed by atoms with Crippen LogP contribution in [0.4, 0.5) is 0 Å². The third-order valence-electron chi connectivity index (χ3n) is 3.97. The van der Waals surface area contributed by atoms with E-state index in [0.717, 1.165) is 32.5 Å². The molecule has 6 heteroatoms. The number of carbonyl (C=O) groups excluding carboxylic acids is 1. The number of carbonyl (C=O) groups is 1. The Morgan fingerprint density at radius 1 is 1.38 bits per heavy atom. The minimum atomic E-state index is 0. The largest absolute Gasteiger partial charge is 0.493 e. The number of nitrogens with zero attached hydrogens (tertiary/aromatic N) is 1. The molecule has 136 valence electrons. The summed E-state index contributed by atoms with van der Waals surface area (Å²) in [6.07, 6.45) is 2.03. The smallest absolute Gasteiger partial charge is 0.254 e. The van der Waals surface area contributed by atoms with Gasteiger partial charge in [-0.3, -0.25) is 4.79 Å². The molecule has 24 heavy (non-hydrogen) atoms. The van der Waals surface area contributed by atoms with E-state index in [1.807, 2.05) is 30.9 Å². The van der Waals surface area contributed by atoms with Gasteiger partial charge >= 0.3 is 0 Å². The first-order chi connectivity index (χ1) is 11.1. The summed E-state index contributed by atoms with van der Waals surface area (Å²) in [6, 6.07) is 5.71. The SMILES string of the molecule is CCCN(C(=O)c1ccc(OC(C)C)c(OC)c1)C1CCNC1.Cl. The molecule has 0 radical (unpaired) electrons. The molecule has 1 fully saturated rings. The highest BCUT2D eigenvalue weighted by Gasteiger charge is 2.27. The molecule has 5 nitrogen and oxygen atoms in total. The minimum Gasteiger partial charge on any atom is -0.493 e. The Bertz CT molecular complexity index is 531. The van der Waals surface area contributed by atoms with Gasteiger partial charge in [-0.05, 0) is 51.4 Å². The van der Waals surface area contributed by atoms with Crippen molar-refractivity contribution in [2.75, 3.05) is 26.7 Å². The fraction of sp³-hybridized carbons (Fsp3) is 0.611. The summed E-state index contributed by atoms with van der Waals surface area (Å²) in [7, 11) is 1.60. The third kappa shape index (κ3) is 5.02. The lowest BCUT2D eigenvalue weighted by atomic mass is 10.1. The monoisotopic (exact) mass is 356 g/mol. The normalized spacial score (nSPS) is 16.6. The zero-order valence-electron chi connectivity index (χ0n) is 15.0. The van der Waals surface area contributed by atoms with Gasteiger partial charge in [0.2, 0.25) is 0 Å². The molecule has 1 amide bonds. The lowest BCUT2D eigenvalue weighted by Crippen LogP contribution is -2.42. The van der Waals surface area contributed by atoms with Crippen LogP contribution in [0.5, 0.6) is 11.5 Å². The van der Waals surface area contributed by atoms with Crippen LogP contribution in [-0.4, -0.2) is 49.7 Å². The Hall–Kier alpha value is -1.46. The zero-order chi connectivity index (χ0) is 16.8. The number of nitrogens with one attached hydrogen (secondary N) is 1. The lowest BCUT2D eigenvalue weighted by Gasteiger charge is -2.28. The fourth-order valence-electron chi connectivity index (χ4n) is 2.91. The standard InChI is InChI=1S/C18H28N2O3.ClH/c1-5-10-20(15-8-9-19-12-15)18(21)14-6-7-16(23-13(2)3)17(11-14)22-4;/h6-7,11,13,15,19H,5,8-10,12H2,1-4H3;1H. The van der Waals surface area contributed by atoms with Gasteiger partial charge in [-0.25, -0.2) is 0 Å². The average Bonchev–Trinajstić information content (AvgIpc) is 3.06. The van der Waals surface area contributed by atoms with Crippen molar-refractivity contribution in [2.45, 2.75) is 45.8 Å². The van der Waals surface area contributed by atoms with Gasteiger partial charge in [0, 0.05) is 24.7 Å². The van der Waals surface area contributed by atoms with E-state index < -0.39 is 0 Å². The van der Waals surface area contributed by atoms with Crippen molar-refractivity contribution in [1.82, 2.24) is 10.2 Å². The van der Waals surface area contributed by atoms with Gasteiger partial charge in [0.1, 0.15) is 0 Å². The Morgan fingerprint density at radius 3 is 2.67 bits per heavy atom. The molecule has 1 aliphatic rings. The predicted molar refractivity (Wildman–Crippen MR) is 98.6 cm³/mol. The van der Waals surface area contributed by atoms with Crippen molar-refractivity contribution >= 4 is 18.3 Å². The summed E-state index contributed by atoms with van der Waals surface area (Å²) in [5.74, 6) is 1.34. The van der Waals surface area contributed by atoms with Crippen molar-refractivity contribution in [3.63, 3.8) is 0 Å². The molecule has 0 aliphatic carbocycles. The molecule has 1 unspecified atom stereocenters. The van der Waals surface area contributed by atoms with E-state index in [-0.39, 0.29) is 30.5 Å².